The van der Waals surface area contributed by atoms with E-state index >= 15 is 0 Å². The summed E-state index contributed by atoms with van der Waals surface area (Å²) in [6, 6.07) is 115. The van der Waals surface area contributed by atoms with Gasteiger partial charge >= 0.3 is 0 Å². The van der Waals surface area contributed by atoms with Gasteiger partial charge in [-0.25, -0.2) is 0 Å². The molecule has 96 heavy (non-hydrogen) atoms. The molecule has 0 atom stereocenters. The molecule has 0 bridgehead atoms. The molecule has 0 unspecified atom stereocenters. The molecule has 6 heteroatoms. The van der Waals surface area contributed by atoms with Crippen LogP contribution in [0.2, 0.25) is 0 Å². The second-order valence-corrected chi connectivity index (χ2v) is 25.7. The van der Waals surface area contributed by atoms with Crippen LogP contribution in [0.5, 0.6) is 0 Å². The van der Waals surface area contributed by atoms with Crippen molar-refractivity contribution in [3.8, 4) is 68.8 Å². The molecule has 2 spiro atoms. The molecule has 16 aromatic carbocycles. The average Bonchev–Trinajstić information content (AvgIpc) is 1.51. The van der Waals surface area contributed by atoms with Gasteiger partial charge < -0.3 is 9.80 Å². The maximum atomic E-state index is 10.8. The zero-order chi connectivity index (χ0) is 63.7. The maximum Gasteiger partial charge on any atom is 0.101 e. The molecule has 438 valence electrons. The molecule has 0 aliphatic heterocycles. The lowest BCUT2D eigenvalue weighted by molar-refractivity contribution is 0.794. The molecule has 0 heterocycles. The Morgan fingerprint density at radius 3 is 0.865 bits per heavy atom. The number of hydrogen-bond donors (Lipinski definition) is 0. The van der Waals surface area contributed by atoms with Crippen LogP contribution in [0.15, 0.2) is 291 Å². The maximum absolute atomic E-state index is 10.8. The summed E-state index contributed by atoms with van der Waals surface area (Å²) >= 11 is 0. The van der Waals surface area contributed by atoms with Crippen molar-refractivity contribution in [2.24, 2.45) is 0 Å². The summed E-state index contributed by atoms with van der Waals surface area (Å²) < 4.78 is 0. The zero-order valence-electron chi connectivity index (χ0n) is 51.4. The Morgan fingerprint density at radius 2 is 0.500 bits per heavy atom. The summed E-state index contributed by atoms with van der Waals surface area (Å²) in [6.45, 7) is 0. The van der Waals surface area contributed by atoms with Gasteiger partial charge in [-0.3, -0.25) is 0 Å². The molecule has 0 amide bonds. The Kier molecular flexibility index (Phi) is 10.9. The van der Waals surface area contributed by atoms with E-state index in [-0.39, 0.29) is 0 Å². The predicted molar refractivity (Wildman–Crippen MR) is 386 cm³/mol. The fraction of sp³-hybridized carbons (Fsp3) is 0.0222. The molecule has 0 radical (unpaired) electrons. The summed E-state index contributed by atoms with van der Waals surface area (Å²) in [6.07, 6.45) is 0. The Labute approximate surface area is 553 Å². The molecule has 0 aromatic heterocycles. The zero-order valence-corrected chi connectivity index (χ0v) is 51.4. The van der Waals surface area contributed by atoms with E-state index < -0.39 is 10.8 Å². The van der Waals surface area contributed by atoms with E-state index in [0.717, 1.165) is 110 Å². The van der Waals surface area contributed by atoms with Crippen LogP contribution in [0.4, 0.5) is 34.1 Å². The Morgan fingerprint density at radius 1 is 0.219 bits per heavy atom. The quantitative estimate of drug-likeness (QED) is 0.154. The van der Waals surface area contributed by atoms with Crippen LogP contribution in [0, 0.1) is 45.3 Å². The molecular weight excluding hydrogens is 1170 g/mol. The first-order valence-corrected chi connectivity index (χ1v) is 32.4. The van der Waals surface area contributed by atoms with Crippen LogP contribution in [-0.2, 0) is 10.8 Å². The van der Waals surface area contributed by atoms with E-state index in [1.54, 1.807) is 0 Å². The molecule has 6 nitrogen and oxygen atoms in total. The third-order valence-electron chi connectivity index (χ3n) is 21.5. The lowest BCUT2D eigenvalue weighted by atomic mass is 9.70. The smallest absolute Gasteiger partial charge is 0.101 e. The average molecular weight is 1210 g/mol. The second-order valence-electron chi connectivity index (χ2n) is 25.7. The number of fused-ring (bicyclic) bond motifs is 22. The van der Waals surface area contributed by atoms with Gasteiger partial charge in [-0.05, 0) is 171 Å². The van der Waals surface area contributed by atoms with Crippen molar-refractivity contribution < 1.29 is 0 Å². The first kappa shape index (κ1) is 53.3. The molecule has 0 fully saturated rings. The molecule has 16 aromatic rings. The highest BCUT2D eigenvalue weighted by Crippen LogP contribution is 2.67. The van der Waals surface area contributed by atoms with Gasteiger partial charge in [0.25, 0.3) is 0 Å². The number of rotatable bonds is 6. The third-order valence-corrected chi connectivity index (χ3v) is 21.5. The Balaban J connectivity index is 0.879. The van der Waals surface area contributed by atoms with E-state index in [1.165, 1.54) is 66.8 Å². The molecule has 4 aliphatic rings. The van der Waals surface area contributed by atoms with Crippen LogP contribution in [0.25, 0.3) is 98.4 Å². The van der Waals surface area contributed by atoms with E-state index in [1.807, 2.05) is 36.4 Å². The summed E-state index contributed by atoms with van der Waals surface area (Å²) in [5.74, 6) is 0. The van der Waals surface area contributed by atoms with E-state index in [9.17, 15) is 21.0 Å². The number of anilines is 6. The molecule has 0 saturated heterocycles. The number of benzene rings is 16. The van der Waals surface area contributed by atoms with Gasteiger partial charge in [0.05, 0.1) is 67.2 Å². The van der Waals surface area contributed by atoms with Gasteiger partial charge in [-0.1, -0.05) is 231 Å². The minimum Gasteiger partial charge on any atom is -0.309 e. The van der Waals surface area contributed by atoms with Crippen molar-refractivity contribution in [3.05, 3.63) is 358 Å². The second kappa shape index (κ2) is 19.6. The van der Waals surface area contributed by atoms with Crippen molar-refractivity contribution in [2.45, 2.75) is 10.8 Å². The van der Waals surface area contributed by atoms with E-state index in [2.05, 4.69) is 289 Å². The number of nitriles is 4. The highest BCUT2D eigenvalue weighted by atomic mass is 15.2. The largest absolute Gasteiger partial charge is 0.309 e. The molecule has 20 rings (SSSR count). The van der Waals surface area contributed by atoms with Crippen molar-refractivity contribution in [3.63, 3.8) is 0 Å². The Bertz CT molecular complexity index is 5900. The molecule has 4 aliphatic carbocycles. The van der Waals surface area contributed by atoms with Crippen LogP contribution in [-0.4, -0.2) is 0 Å². The monoisotopic (exact) mass is 1210 g/mol. The van der Waals surface area contributed by atoms with Crippen LogP contribution in [0.3, 0.4) is 0 Å². The minimum absolute atomic E-state index is 0.313. The fourth-order valence-corrected chi connectivity index (χ4v) is 17.9. The first-order valence-electron chi connectivity index (χ1n) is 32.4. The standard InChI is InChI=1S/C90H48N6/c91-49-57-45-55-17-13-33-79(69(55)47-59(57)51-93)95(83-35-15-31-77-87(83)65-23-5-11-29-75(65)89(77)71-25-7-1-19-61(71)62-20-2-8-26-72(62)89)81-43-39-53-38-42-68-82(44-40-54-37-41-67(81)85(53)86(54)68)96(80-34-14-18-56-46-58(50-92)60(52-94)48-70(56)80)84-36-16-32-78-88(84)66-24-6-12-30-76(66)90(78)73-27-9-3-21-63(73)64-22-4-10-28-74(64)90/h1-48H. The molecule has 0 N–H and O–H groups in total. The van der Waals surface area contributed by atoms with Gasteiger partial charge in [0.2, 0.25) is 0 Å². The lowest BCUT2D eigenvalue weighted by Gasteiger charge is -2.33. The Hall–Kier alpha value is -13.4. The topological polar surface area (TPSA) is 102 Å². The number of nitrogens with zero attached hydrogens (tertiary/aromatic N) is 6. The van der Waals surface area contributed by atoms with Crippen LogP contribution >= 0.6 is 0 Å². The highest BCUT2D eigenvalue weighted by Gasteiger charge is 2.54. The van der Waals surface area contributed by atoms with Gasteiger partial charge in [0.1, 0.15) is 24.3 Å². The predicted octanol–water partition coefficient (Wildman–Crippen LogP) is 22.0. The first-order chi connectivity index (χ1) is 47.5. The molecule has 0 saturated carbocycles. The summed E-state index contributed by atoms with van der Waals surface area (Å²) in [5, 5.41) is 52.2. The van der Waals surface area contributed by atoms with Crippen LogP contribution in [0.1, 0.15) is 66.8 Å². The van der Waals surface area contributed by atoms with E-state index in [0.29, 0.717) is 22.3 Å². The van der Waals surface area contributed by atoms with Crippen molar-refractivity contribution >= 4 is 88.0 Å². The van der Waals surface area contributed by atoms with Gasteiger partial charge in [-0.15, -0.1) is 0 Å². The lowest BCUT2D eigenvalue weighted by Crippen LogP contribution is -2.26. The van der Waals surface area contributed by atoms with E-state index in [4.69, 9.17) is 0 Å². The van der Waals surface area contributed by atoms with Crippen molar-refractivity contribution in [1.82, 2.24) is 0 Å². The van der Waals surface area contributed by atoms with Crippen LogP contribution < -0.4 is 9.80 Å². The SMILES string of the molecule is N#Cc1cc2cccc(N(c3cccc4c3-c3ccccc3C43c4ccccc4-c4ccccc43)c3ccc4ccc5c(N(c6cccc7c6-c6ccccc6C76c7ccccc7-c7ccccc76)c6cccc7cc(C#N)c(C#N)cc67)ccc6ccc3c4c65)c2cc1C#N. The summed E-state index contributed by atoms with van der Waals surface area (Å²) in [7, 11) is 0. The minimum atomic E-state index is -0.619. The summed E-state index contributed by atoms with van der Waals surface area (Å²) in [4.78, 5) is 4.85. The molecular formula is C90H48N6. The van der Waals surface area contributed by atoms with Crippen molar-refractivity contribution in [1.29, 1.82) is 21.0 Å². The highest BCUT2D eigenvalue weighted by molar-refractivity contribution is 6.29. The third kappa shape index (κ3) is 6.68. The number of hydrogen-bond acceptors (Lipinski definition) is 6. The summed E-state index contributed by atoms with van der Waals surface area (Å²) in [5.41, 5.74) is 24.9. The van der Waals surface area contributed by atoms with Crippen molar-refractivity contribution in [2.75, 3.05) is 9.80 Å². The van der Waals surface area contributed by atoms with Gasteiger partial charge in [0.15, 0.2) is 0 Å². The van der Waals surface area contributed by atoms with Gasteiger partial charge in [-0.2, -0.15) is 21.0 Å². The van der Waals surface area contributed by atoms with Gasteiger partial charge in [0, 0.05) is 32.7 Å². The normalized spacial score (nSPS) is 13.3. The fourth-order valence-electron chi connectivity index (χ4n) is 17.9.